The zero-order chi connectivity index (χ0) is 21.7. The van der Waals surface area contributed by atoms with Gasteiger partial charge in [0, 0.05) is 18.1 Å². The number of fused-ring (bicyclic) bond motifs is 1. The Balaban J connectivity index is 1.62. The monoisotopic (exact) mass is 413 g/mol. The number of nitrogens with zero attached hydrogens (tertiary/aromatic N) is 1. The molecule has 2 atom stereocenters. The number of benzene rings is 2. The Morgan fingerprint density at radius 1 is 1.17 bits per heavy atom. The summed E-state index contributed by atoms with van der Waals surface area (Å²) >= 11 is 0. The van der Waals surface area contributed by atoms with Crippen LogP contribution < -0.4 is 10.6 Å². The number of carbonyl (C=O) groups is 1. The van der Waals surface area contributed by atoms with Crippen LogP contribution >= 0.6 is 0 Å². The number of anilines is 2. The second kappa shape index (κ2) is 7.00. The maximum Gasteiger partial charge on any atom is 0.270 e. The lowest BCUT2D eigenvalue weighted by Crippen LogP contribution is -2.31. The van der Waals surface area contributed by atoms with E-state index in [0.29, 0.717) is 23.2 Å². The average molecular weight is 413 g/mol. The van der Waals surface area contributed by atoms with E-state index in [9.17, 15) is 18.0 Å². The van der Waals surface area contributed by atoms with Gasteiger partial charge in [0.05, 0.1) is 23.3 Å². The van der Waals surface area contributed by atoms with Gasteiger partial charge in [-0.05, 0) is 54.8 Å². The summed E-state index contributed by atoms with van der Waals surface area (Å²) in [5.74, 6) is -5.24. The first-order valence-electron chi connectivity index (χ1n) is 9.78. The van der Waals surface area contributed by atoms with E-state index in [-0.39, 0.29) is 5.82 Å². The number of carbonyl (C=O) groups excluding carboxylic acids is 1. The van der Waals surface area contributed by atoms with Gasteiger partial charge in [-0.3, -0.25) is 9.78 Å². The van der Waals surface area contributed by atoms with Crippen molar-refractivity contribution in [3.8, 4) is 0 Å². The van der Waals surface area contributed by atoms with E-state index in [1.165, 1.54) is 26.1 Å². The van der Waals surface area contributed by atoms with Crippen molar-refractivity contribution in [2.24, 2.45) is 5.41 Å². The van der Waals surface area contributed by atoms with Crippen molar-refractivity contribution in [2.45, 2.75) is 32.1 Å². The Labute approximate surface area is 172 Å². The molecule has 1 amide bonds. The lowest BCUT2D eigenvalue weighted by Gasteiger charge is -2.14. The third-order valence-corrected chi connectivity index (χ3v) is 6.07. The number of aryl methyl sites for hydroxylation is 1. The molecule has 156 valence electrons. The topological polar surface area (TPSA) is 54.0 Å². The molecule has 1 aliphatic carbocycles. The molecule has 0 radical (unpaired) electrons. The second-order valence-corrected chi connectivity index (χ2v) is 7.75. The lowest BCUT2D eigenvalue weighted by atomic mass is 10.00. The number of rotatable bonds is 5. The van der Waals surface area contributed by atoms with Gasteiger partial charge < -0.3 is 10.6 Å². The highest BCUT2D eigenvalue weighted by atomic mass is 19.3. The molecule has 0 saturated heterocycles. The predicted molar refractivity (Wildman–Crippen MR) is 111 cm³/mol. The van der Waals surface area contributed by atoms with Gasteiger partial charge in [0.15, 0.2) is 0 Å². The van der Waals surface area contributed by atoms with Crippen LogP contribution in [0.4, 0.5) is 24.5 Å². The maximum atomic E-state index is 14.4. The van der Waals surface area contributed by atoms with Gasteiger partial charge >= 0.3 is 0 Å². The van der Waals surface area contributed by atoms with Gasteiger partial charge in [-0.25, -0.2) is 13.2 Å². The van der Waals surface area contributed by atoms with Gasteiger partial charge in [-0.1, -0.05) is 19.1 Å². The van der Waals surface area contributed by atoms with Crippen molar-refractivity contribution in [1.29, 1.82) is 0 Å². The smallest absolute Gasteiger partial charge is 0.270 e. The summed E-state index contributed by atoms with van der Waals surface area (Å²) in [6, 6.07) is 11.1. The van der Waals surface area contributed by atoms with Crippen LogP contribution in [0.15, 0.2) is 48.7 Å². The van der Waals surface area contributed by atoms with E-state index >= 15 is 0 Å². The molecule has 4 rings (SSSR count). The van der Waals surface area contributed by atoms with Crippen LogP contribution in [0.3, 0.4) is 0 Å². The summed E-state index contributed by atoms with van der Waals surface area (Å²) in [4.78, 5) is 16.3. The van der Waals surface area contributed by atoms with Crippen molar-refractivity contribution in [3.63, 3.8) is 0 Å². The van der Waals surface area contributed by atoms with Crippen molar-refractivity contribution < 1.29 is 18.0 Å². The maximum absolute atomic E-state index is 14.4. The molecule has 0 spiro atoms. The molecule has 1 fully saturated rings. The first-order valence-corrected chi connectivity index (χ1v) is 9.78. The third-order valence-electron chi connectivity index (χ3n) is 6.07. The molecule has 4 nitrogen and oxygen atoms in total. The van der Waals surface area contributed by atoms with Crippen molar-refractivity contribution in [3.05, 3.63) is 65.6 Å². The van der Waals surface area contributed by atoms with Crippen LogP contribution in [0.25, 0.3) is 10.9 Å². The summed E-state index contributed by atoms with van der Waals surface area (Å²) in [7, 11) is 1.36. The number of nitrogens with one attached hydrogen (secondary N) is 2. The normalized spacial score (nSPS) is 22.0. The molecule has 30 heavy (non-hydrogen) atoms. The number of pyridine rings is 1. The SMILES string of the molecule is CCc1c(Nc2ccc(C3C(F)(F)C3(C)C(=O)NC)cc2)cnc2ccc(F)cc12. The fourth-order valence-corrected chi connectivity index (χ4v) is 4.24. The number of hydrogen-bond donors (Lipinski definition) is 2. The zero-order valence-corrected chi connectivity index (χ0v) is 16.9. The fraction of sp³-hybridized carbons (Fsp3) is 0.304. The van der Waals surface area contributed by atoms with Crippen LogP contribution in [0.2, 0.25) is 0 Å². The van der Waals surface area contributed by atoms with Gasteiger partial charge in [0.2, 0.25) is 5.91 Å². The zero-order valence-electron chi connectivity index (χ0n) is 16.9. The third kappa shape index (κ3) is 2.91. The number of aromatic nitrogens is 1. The van der Waals surface area contributed by atoms with Crippen molar-refractivity contribution in [2.75, 3.05) is 12.4 Å². The molecule has 2 unspecified atom stereocenters. The standard InChI is InChI=1S/C23H22F3N3O/c1-4-16-17-11-14(24)7-10-18(17)28-12-19(16)29-15-8-5-13(6-9-15)20-22(2,21(30)27-3)23(20,25)26/h5-12,20,29H,4H2,1-3H3,(H,27,30). The number of alkyl halides is 2. The Hall–Kier alpha value is -3.09. The summed E-state index contributed by atoms with van der Waals surface area (Å²) in [5.41, 5.74) is 1.72. The molecule has 1 aromatic heterocycles. The van der Waals surface area contributed by atoms with E-state index in [2.05, 4.69) is 15.6 Å². The molecular weight excluding hydrogens is 391 g/mol. The molecule has 0 bridgehead atoms. The van der Waals surface area contributed by atoms with Crippen molar-refractivity contribution in [1.82, 2.24) is 10.3 Å². The van der Waals surface area contributed by atoms with Crippen LogP contribution in [0.5, 0.6) is 0 Å². The van der Waals surface area contributed by atoms with Crippen LogP contribution in [-0.4, -0.2) is 23.9 Å². The van der Waals surface area contributed by atoms with Gasteiger partial charge in [0.1, 0.15) is 11.2 Å². The van der Waals surface area contributed by atoms with E-state index < -0.39 is 23.2 Å². The number of amides is 1. The molecule has 3 aromatic rings. The quantitative estimate of drug-likeness (QED) is 0.607. The minimum Gasteiger partial charge on any atom is -0.358 e. The largest absolute Gasteiger partial charge is 0.358 e. The first kappa shape index (κ1) is 20.2. The molecule has 1 aliphatic rings. The first-order chi connectivity index (χ1) is 14.2. The Morgan fingerprint density at radius 3 is 2.50 bits per heavy atom. The fourth-order valence-electron chi connectivity index (χ4n) is 4.24. The number of hydrogen-bond acceptors (Lipinski definition) is 3. The van der Waals surface area contributed by atoms with E-state index in [4.69, 9.17) is 0 Å². The molecule has 2 N–H and O–H groups in total. The molecular formula is C23H22F3N3O. The van der Waals surface area contributed by atoms with E-state index in [1.54, 1.807) is 36.5 Å². The summed E-state index contributed by atoms with van der Waals surface area (Å²) in [5, 5.41) is 6.31. The van der Waals surface area contributed by atoms with E-state index in [1.807, 2.05) is 6.92 Å². The van der Waals surface area contributed by atoms with Gasteiger partial charge in [-0.15, -0.1) is 0 Å². The Kier molecular flexibility index (Phi) is 4.71. The highest BCUT2D eigenvalue weighted by Gasteiger charge is 2.82. The summed E-state index contributed by atoms with van der Waals surface area (Å²) < 4.78 is 42.5. The Bertz CT molecular complexity index is 1130. The minimum absolute atomic E-state index is 0.329. The average Bonchev–Trinajstić information content (AvgIpc) is 3.20. The highest BCUT2D eigenvalue weighted by Crippen LogP contribution is 2.71. The van der Waals surface area contributed by atoms with Crippen LogP contribution in [0, 0.1) is 11.2 Å². The molecule has 2 aromatic carbocycles. The van der Waals surface area contributed by atoms with Crippen LogP contribution in [-0.2, 0) is 11.2 Å². The molecule has 1 heterocycles. The molecule has 0 aliphatic heterocycles. The summed E-state index contributed by atoms with van der Waals surface area (Å²) in [6.07, 6.45) is 2.35. The molecule has 7 heteroatoms. The highest BCUT2D eigenvalue weighted by molar-refractivity contribution is 5.90. The van der Waals surface area contributed by atoms with Gasteiger partial charge in [-0.2, -0.15) is 0 Å². The molecule has 1 saturated carbocycles. The van der Waals surface area contributed by atoms with Crippen molar-refractivity contribution >= 4 is 28.2 Å². The van der Waals surface area contributed by atoms with E-state index in [0.717, 1.165) is 16.6 Å². The van der Waals surface area contributed by atoms with Crippen LogP contribution in [0.1, 0.15) is 30.9 Å². The van der Waals surface area contributed by atoms with Gasteiger partial charge in [0.25, 0.3) is 5.92 Å². The predicted octanol–water partition coefficient (Wildman–Crippen LogP) is 5.16. The Morgan fingerprint density at radius 2 is 1.87 bits per heavy atom. The minimum atomic E-state index is -3.09. The summed E-state index contributed by atoms with van der Waals surface area (Å²) in [6.45, 7) is 3.26. The number of halogens is 3. The lowest BCUT2D eigenvalue weighted by molar-refractivity contribution is -0.128. The second-order valence-electron chi connectivity index (χ2n) is 7.75.